The predicted molar refractivity (Wildman–Crippen MR) is 94.1 cm³/mol. The summed E-state index contributed by atoms with van der Waals surface area (Å²) in [4.78, 5) is 20.7. The van der Waals surface area contributed by atoms with Gasteiger partial charge in [0.1, 0.15) is 19.4 Å². The number of amides is 1. The Morgan fingerprint density at radius 3 is 3.00 bits per heavy atom. The molecule has 24 heavy (non-hydrogen) atoms. The number of hydrogen-bond donors (Lipinski definition) is 3. The second-order valence-corrected chi connectivity index (χ2v) is 5.35. The summed E-state index contributed by atoms with van der Waals surface area (Å²) in [5.41, 5.74) is 8.32. The number of nitrogens with zero attached hydrogens (tertiary/aromatic N) is 4. The average Bonchev–Trinajstić information content (AvgIpc) is 2.99. The maximum atomic E-state index is 12.2. The highest BCUT2D eigenvalue weighted by Crippen LogP contribution is 2.12. The van der Waals surface area contributed by atoms with Crippen molar-refractivity contribution in [3.05, 3.63) is 48.0 Å². The van der Waals surface area contributed by atoms with Gasteiger partial charge in [0, 0.05) is 44.3 Å². The van der Waals surface area contributed by atoms with E-state index in [2.05, 4.69) is 25.7 Å². The minimum atomic E-state index is -0.257. The van der Waals surface area contributed by atoms with Crippen LogP contribution in [0.25, 0.3) is 5.65 Å². The summed E-state index contributed by atoms with van der Waals surface area (Å²) in [5, 5.41) is 10.3. The van der Waals surface area contributed by atoms with Crippen molar-refractivity contribution in [3.8, 4) is 0 Å². The quantitative estimate of drug-likeness (QED) is 0.486. The topological polar surface area (TPSA) is 110 Å². The van der Waals surface area contributed by atoms with Crippen molar-refractivity contribution in [1.82, 2.24) is 24.9 Å². The van der Waals surface area contributed by atoms with Crippen molar-refractivity contribution >= 4 is 30.7 Å². The fourth-order valence-electron chi connectivity index (χ4n) is 2.29. The lowest BCUT2D eigenvalue weighted by Gasteiger charge is -2.11. The van der Waals surface area contributed by atoms with Crippen LogP contribution >= 0.6 is 0 Å². The zero-order valence-corrected chi connectivity index (χ0v) is 13.4. The highest BCUT2D eigenvalue weighted by molar-refractivity contribution is 6.36. The molecule has 0 saturated carbocycles. The van der Waals surface area contributed by atoms with Crippen molar-refractivity contribution in [2.24, 2.45) is 5.73 Å². The lowest BCUT2D eigenvalue weighted by molar-refractivity contribution is 0.0950. The monoisotopic (exact) mass is 323 g/mol. The standard InChI is InChI=1S/C15H18BN7O/c16-11-9-21-23-13(20-8-10-2-1-4-18-7-10)6-12(22-14(11)23)15(24)19-5-3-17/h1-2,4,6-7,9,20H,3,5,8,16-17H2,(H,19,24). The first-order valence-electron chi connectivity index (χ1n) is 7.65. The molecule has 0 bridgehead atoms. The molecule has 0 fully saturated rings. The van der Waals surface area contributed by atoms with Crippen LogP contribution in [-0.2, 0) is 6.54 Å². The van der Waals surface area contributed by atoms with Crippen LogP contribution < -0.4 is 21.8 Å². The van der Waals surface area contributed by atoms with Gasteiger partial charge in [-0.15, -0.1) is 0 Å². The van der Waals surface area contributed by atoms with Crippen molar-refractivity contribution in [3.63, 3.8) is 0 Å². The molecule has 0 unspecified atom stereocenters. The molecule has 8 nitrogen and oxygen atoms in total. The number of aromatic nitrogens is 4. The Kier molecular flexibility index (Phi) is 4.71. The second kappa shape index (κ2) is 7.09. The lowest BCUT2D eigenvalue weighted by Crippen LogP contribution is -2.30. The zero-order chi connectivity index (χ0) is 16.9. The number of nitrogens with two attached hydrogens (primary N) is 1. The summed E-state index contributed by atoms with van der Waals surface area (Å²) >= 11 is 0. The van der Waals surface area contributed by atoms with Gasteiger partial charge in [0.05, 0.1) is 0 Å². The van der Waals surface area contributed by atoms with Crippen LogP contribution in [0.5, 0.6) is 0 Å². The third-order valence-electron chi connectivity index (χ3n) is 3.51. The molecular weight excluding hydrogens is 305 g/mol. The van der Waals surface area contributed by atoms with E-state index >= 15 is 0 Å². The summed E-state index contributed by atoms with van der Waals surface area (Å²) in [7, 11) is 1.90. The smallest absolute Gasteiger partial charge is 0.270 e. The Morgan fingerprint density at radius 1 is 1.38 bits per heavy atom. The Balaban J connectivity index is 1.91. The van der Waals surface area contributed by atoms with Gasteiger partial charge in [0.25, 0.3) is 5.91 Å². The van der Waals surface area contributed by atoms with Gasteiger partial charge in [-0.3, -0.25) is 9.78 Å². The first kappa shape index (κ1) is 15.9. The Bertz CT molecular complexity index is 850. The molecule has 122 valence electrons. The van der Waals surface area contributed by atoms with Crippen molar-refractivity contribution in [2.75, 3.05) is 18.4 Å². The number of carbonyl (C=O) groups excluding carboxylic acids is 1. The Morgan fingerprint density at radius 2 is 2.25 bits per heavy atom. The van der Waals surface area contributed by atoms with Crippen LogP contribution in [0.15, 0.2) is 36.8 Å². The number of rotatable bonds is 6. The molecule has 0 aliphatic heterocycles. The van der Waals surface area contributed by atoms with Gasteiger partial charge in [-0.2, -0.15) is 9.61 Å². The molecule has 3 heterocycles. The van der Waals surface area contributed by atoms with E-state index in [4.69, 9.17) is 5.73 Å². The first-order valence-corrected chi connectivity index (χ1v) is 7.65. The fourth-order valence-corrected chi connectivity index (χ4v) is 2.29. The SMILES string of the molecule is Bc1cnn2c(NCc3cccnc3)cc(C(=O)NCCN)nc12. The van der Waals surface area contributed by atoms with Gasteiger partial charge in [0.15, 0.2) is 5.65 Å². The van der Waals surface area contributed by atoms with Gasteiger partial charge >= 0.3 is 0 Å². The maximum Gasteiger partial charge on any atom is 0.270 e. The molecule has 0 radical (unpaired) electrons. The molecule has 4 N–H and O–H groups in total. The van der Waals surface area contributed by atoms with E-state index in [1.54, 1.807) is 29.2 Å². The largest absolute Gasteiger partial charge is 0.366 e. The van der Waals surface area contributed by atoms with Crippen LogP contribution in [0, 0.1) is 0 Å². The first-order chi connectivity index (χ1) is 11.7. The molecule has 1 amide bonds. The Hall–Kier alpha value is -2.94. The third kappa shape index (κ3) is 3.35. The van der Waals surface area contributed by atoms with E-state index in [0.717, 1.165) is 11.0 Å². The van der Waals surface area contributed by atoms with Crippen molar-refractivity contribution < 1.29 is 4.79 Å². The lowest BCUT2D eigenvalue weighted by atomic mass is 10.0. The maximum absolute atomic E-state index is 12.2. The summed E-state index contributed by atoms with van der Waals surface area (Å²) in [6.07, 6.45) is 5.23. The zero-order valence-electron chi connectivity index (χ0n) is 13.4. The normalized spacial score (nSPS) is 10.7. The molecule has 0 aliphatic rings. The van der Waals surface area contributed by atoms with Crippen LogP contribution in [0.2, 0.25) is 0 Å². The van der Waals surface area contributed by atoms with Gasteiger partial charge in [-0.05, 0) is 17.1 Å². The fraction of sp³-hybridized carbons (Fsp3) is 0.200. The molecule has 0 aromatic carbocycles. The van der Waals surface area contributed by atoms with Crippen LogP contribution in [-0.4, -0.2) is 46.4 Å². The molecule has 0 aliphatic carbocycles. The molecular formula is C15H18BN7O. The number of hydrogen-bond acceptors (Lipinski definition) is 6. The van der Waals surface area contributed by atoms with Gasteiger partial charge in [-0.1, -0.05) is 6.07 Å². The average molecular weight is 323 g/mol. The van der Waals surface area contributed by atoms with Crippen LogP contribution in [0.3, 0.4) is 0 Å². The summed E-state index contributed by atoms with van der Waals surface area (Å²) in [6.45, 7) is 1.35. The molecule has 3 aromatic heterocycles. The summed E-state index contributed by atoms with van der Waals surface area (Å²) < 4.78 is 1.69. The second-order valence-electron chi connectivity index (χ2n) is 5.35. The highest BCUT2D eigenvalue weighted by Gasteiger charge is 2.14. The Labute approximate surface area is 139 Å². The predicted octanol–water partition coefficient (Wildman–Crippen LogP) is -1.32. The van der Waals surface area contributed by atoms with Crippen molar-refractivity contribution in [2.45, 2.75) is 6.54 Å². The molecule has 0 saturated heterocycles. The van der Waals surface area contributed by atoms with E-state index in [1.807, 2.05) is 20.0 Å². The summed E-state index contributed by atoms with van der Waals surface area (Å²) in [6, 6.07) is 5.53. The van der Waals surface area contributed by atoms with Gasteiger partial charge in [-0.25, -0.2) is 4.98 Å². The molecule has 3 aromatic rings. The highest BCUT2D eigenvalue weighted by atomic mass is 16.1. The molecule has 0 spiro atoms. The number of fused-ring (bicyclic) bond motifs is 1. The minimum Gasteiger partial charge on any atom is -0.366 e. The van der Waals surface area contributed by atoms with Crippen LogP contribution in [0.1, 0.15) is 16.1 Å². The van der Waals surface area contributed by atoms with Crippen molar-refractivity contribution in [1.29, 1.82) is 0 Å². The number of carbonyl (C=O) groups is 1. The van der Waals surface area contributed by atoms with Gasteiger partial charge in [0.2, 0.25) is 0 Å². The molecule has 9 heteroatoms. The van der Waals surface area contributed by atoms with E-state index in [1.165, 1.54) is 0 Å². The van der Waals surface area contributed by atoms with E-state index in [9.17, 15) is 4.79 Å². The van der Waals surface area contributed by atoms with E-state index < -0.39 is 0 Å². The third-order valence-corrected chi connectivity index (χ3v) is 3.51. The summed E-state index contributed by atoms with van der Waals surface area (Å²) in [5.74, 6) is 0.433. The molecule has 3 rings (SSSR count). The van der Waals surface area contributed by atoms with Crippen LogP contribution in [0.4, 0.5) is 5.82 Å². The minimum absolute atomic E-state index is 0.257. The number of anilines is 1. The molecule has 0 atom stereocenters. The van der Waals surface area contributed by atoms with E-state index in [0.29, 0.717) is 36.8 Å². The van der Waals surface area contributed by atoms with E-state index in [-0.39, 0.29) is 5.91 Å². The number of nitrogens with one attached hydrogen (secondary N) is 2. The number of pyridine rings is 1. The van der Waals surface area contributed by atoms with Gasteiger partial charge < -0.3 is 16.4 Å².